The molecule has 1 atom stereocenters. The molecule has 8 heteroatoms. The van der Waals surface area contributed by atoms with Gasteiger partial charge in [-0.3, -0.25) is 0 Å². The van der Waals surface area contributed by atoms with E-state index in [9.17, 15) is 8.42 Å². The third-order valence-corrected chi connectivity index (χ3v) is 6.08. The average molecular weight is 391 g/mol. The minimum Gasteiger partial charge on any atom is -0.384 e. The molecule has 1 aromatic carbocycles. The van der Waals surface area contributed by atoms with E-state index in [0.717, 1.165) is 10.0 Å². The van der Waals surface area contributed by atoms with Gasteiger partial charge in [0.05, 0.1) is 28.3 Å². The fraction of sp³-hybridized carbons (Fsp3) is 0.308. The van der Waals surface area contributed by atoms with Gasteiger partial charge in [0.1, 0.15) is 5.82 Å². The second-order valence-corrected chi connectivity index (χ2v) is 8.63. The van der Waals surface area contributed by atoms with Crippen molar-refractivity contribution in [1.29, 1.82) is 0 Å². The molecule has 1 aromatic heterocycles. The lowest BCUT2D eigenvalue weighted by Gasteiger charge is -2.10. The fourth-order valence-electron chi connectivity index (χ4n) is 2.50. The molecule has 21 heavy (non-hydrogen) atoms. The molecule has 1 fully saturated rings. The fourth-order valence-corrected chi connectivity index (χ4v) is 4.96. The summed E-state index contributed by atoms with van der Waals surface area (Å²) in [6.07, 6.45) is 0.543. The number of nitrogens with zero attached hydrogens (tertiary/aromatic N) is 2. The van der Waals surface area contributed by atoms with Crippen LogP contribution in [0.15, 0.2) is 28.7 Å². The maximum atomic E-state index is 11.6. The molecule has 2 heterocycles. The zero-order chi connectivity index (χ0) is 15.2. The van der Waals surface area contributed by atoms with Gasteiger partial charge in [-0.2, -0.15) is 5.10 Å². The average Bonchev–Trinajstić information content (AvgIpc) is 2.92. The van der Waals surface area contributed by atoms with Crippen molar-refractivity contribution in [3.05, 3.63) is 33.8 Å². The summed E-state index contributed by atoms with van der Waals surface area (Å²) < 4.78 is 25.6. The largest absolute Gasteiger partial charge is 0.384 e. The highest BCUT2D eigenvalue weighted by Gasteiger charge is 2.31. The third kappa shape index (κ3) is 2.95. The first-order valence-electron chi connectivity index (χ1n) is 6.36. The van der Waals surface area contributed by atoms with E-state index in [0.29, 0.717) is 23.0 Å². The zero-order valence-electron chi connectivity index (χ0n) is 11.0. The molecule has 2 aromatic rings. The van der Waals surface area contributed by atoms with E-state index < -0.39 is 9.84 Å². The molecule has 3 rings (SSSR count). The first-order valence-corrected chi connectivity index (χ1v) is 9.36. The van der Waals surface area contributed by atoms with Gasteiger partial charge in [0, 0.05) is 16.1 Å². The van der Waals surface area contributed by atoms with Crippen molar-refractivity contribution in [2.75, 3.05) is 17.2 Å². The van der Waals surface area contributed by atoms with E-state index in [-0.39, 0.29) is 17.5 Å². The van der Waals surface area contributed by atoms with Gasteiger partial charge in [0.15, 0.2) is 9.84 Å². The number of nitrogen functional groups attached to an aromatic ring is 1. The van der Waals surface area contributed by atoms with Gasteiger partial charge in [-0.25, -0.2) is 13.1 Å². The Morgan fingerprint density at radius 1 is 1.38 bits per heavy atom. The Hall–Kier alpha value is -1.05. The van der Waals surface area contributed by atoms with Gasteiger partial charge in [0.2, 0.25) is 0 Å². The van der Waals surface area contributed by atoms with E-state index in [2.05, 4.69) is 21.0 Å². The maximum Gasteiger partial charge on any atom is 0.152 e. The lowest BCUT2D eigenvalue weighted by Crippen LogP contribution is -2.14. The summed E-state index contributed by atoms with van der Waals surface area (Å²) in [5, 5.41) is 5.01. The van der Waals surface area contributed by atoms with Crippen LogP contribution in [0.5, 0.6) is 0 Å². The van der Waals surface area contributed by atoms with Crippen molar-refractivity contribution >= 4 is 43.2 Å². The van der Waals surface area contributed by atoms with Crippen LogP contribution in [0.4, 0.5) is 5.82 Å². The molecule has 0 radical (unpaired) electrons. The number of nitrogens with two attached hydrogens (primary N) is 1. The molecule has 2 N–H and O–H groups in total. The Bertz CT molecular complexity index is 804. The highest BCUT2D eigenvalue weighted by Crippen LogP contribution is 2.33. The Labute approximate surface area is 136 Å². The number of anilines is 1. The lowest BCUT2D eigenvalue weighted by atomic mass is 10.1. The van der Waals surface area contributed by atoms with Crippen LogP contribution in [-0.4, -0.2) is 29.7 Å². The third-order valence-electron chi connectivity index (χ3n) is 3.53. The van der Waals surface area contributed by atoms with Crippen molar-refractivity contribution in [1.82, 2.24) is 9.78 Å². The second kappa shape index (κ2) is 5.30. The number of halogens is 2. The molecule has 0 bridgehead atoms. The molecular weight excluding hydrogens is 378 g/mol. The Morgan fingerprint density at radius 2 is 2.14 bits per heavy atom. The van der Waals surface area contributed by atoms with E-state index in [1.54, 1.807) is 16.8 Å². The number of hydrogen-bond donors (Lipinski definition) is 1. The van der Waals surface area contributed by atoms with E-state index in [4.69, 9.17) is 17.3 Å². The summed E-state index contributed by atoms with van der Waals surface area (Å²) >= 11 is 9.57. The van der Waals surface area contributed by atoms with E-state index in [1.807, 2.05) is 12.1 Å². The van der Waals surface area contributed by atoms with Gasteiger partial charge < -0.3 is 5.73 Å². The van der Waals surface area contributed by atoms with Crippen LogP contribution < -0.4 is 5.73 Å². The van der Waals surface area contributed by atoms with E-state index >= 15 is 0 Å². The van der Waals surface area contributed by atoms with Gasteiger partial charge in [0.25, 0.3) is 0 Å². The molecule has 1 aliphatic rings. The van der Waals surface area contributed by atoms with Crippen molar-refractivity contribution in [2.24, 2.45) is 0 Å². The molecule has 5 nitrogen and oxygen atoms in total. The monoisotopic (exact) mass is 389 g/mol. The molecule has 112 valence electrons. The van der Waals surface area contributed by atoms with Crippen LogP contribution in [0.1, 0.15) is 12.5 Å². The number of aromatic nitrogens is 2. The summed E-state index contributed by atoms with van der Waals surface area (Å²) in [5.41, 5.74) is 7.40. The van der Waals surface area contributed by atoms with Crippen molar-refractivity contribution < 1.29 is 8.42 Å². The van der Waals surface area contributed by atoms with Gasteiger partial charge in [-0.1, -0.05) is 33.6 Å². The molecule has 0 saturated carbocycles. The molecule has 0 aliphatic carbocycles. The first-order chi connectivity index (χ1) is 9.85. The summed E-state index contributed by atoms with van der Waals surface area (Å²) in [6.45, 7) is 0. The van der Waals surface area contributed by atoms with Gasteiger partial charge in [-0.15, -0.1) is 0 Å². The Balaban J connectivity index is 1.98. The number of benzene rings is 1. The quantitative estimate of drug-likeness (QED) is 0.855. The lowest BCUT2D eigenvalue weighted by molar-refractivity contribution is 0.508. The molecule has 0 amide bonds. The van der Waals surface area contributed by atoms with Crippen molar-refractivity contribution in [2.45, 2.75) is 12.5 Å². The molecule has 0 spiro atoms. The normalized spacial score (nSPS) is 20.8. The predicted octanol–water partition coefficient (Wildman–Crippen LogP) is 2.91. The molecule has 1 unspecified atom stereocenters. The Morgan fingerprint density at radius 3 is 2.76 bits per heavy atom. The summed E-state index contributed by atoms with van der Waals surface area (Å²) in [5.74, 6) is 0.726. The van der Waals surface area contributed by atoms with Crippen LogP contribution in [0.3, 0.4) is 0 Å². The highest BCUT2D eigenvalue weighted by atomic mass is 79.9. The van der Waals surface area contributed by atoms with Crippen molar-refractivity contribution in [3.8, 4) is 11.3 Å². The topological polar surface area (TPSA) is 78.0 Å². The SMILES string of the molecule is Nc1cc(-c2ccc(Br)cc2Cl)nn1C1CCS(=O)(=O)C1. The summed E-state index contributed by atoms with van der Waals surface area (Å²) in [7, 11) is -2.98. The number of sulfone groups is 1. The first kappa shape index (κ1) is 14.9. The van der Waals surface area contributed by atoms with Crippen LogP contribution in [0.25, 0.3) is 11.3 Å². The van der Waals surface area contributed by atoms with E-state index in [1.165, 1.54) is 0 Å². The zero-order valence-corrected chi connectivity index (χ0v) is 14.1. The van der Waals surface area contributed by atoms with Crippen LogP contribution in [0, 0.1) is 0 Å². The minimum absolute atomic E-state index is 0.0897. The number of hydrogen-bond acceptors (Lipinski definition) is 4. The van der Waals surface area contributed by atoms with Gasteiger partial charge >= 0.3 is 0 Å². The van der Waals surface area contributed by atoms with Crippen LogP contribution in [0.2, 0.25) is 5.02 Å². The van der Waals surface area contributed by atoms with Crippen molar-refractivity contribution in [3.63, 3.8) is 0 Å². The molecule has 1 aliphatic heterocycles. The highest BCUT2D eigenvalue weighted by molar-refractivity contribution is 9.10. The smallest absolute Gasteiger partial charge is 0.152 e. The molecular formula is C13H13BrClN3O2S. The minimum atomic E-state index is -2.98. The summed E-state index contributed by atoms with van der Waals surface area (Å²) in [6, 6.07) is 7.03. The maximum absolute atomic E-state index is 11.6. The standard InChI is InChI=1S/C13H13BrClN3O2S/c14-8-1-2-10(11(15)5-8)12-6-13(16)18(17-12)9-3-4-21(19,20)7-9/h1-2,5-6,9H,3-4,7,16H2. The Kier molecular flexibility index (Phi) is 3.75. The predicted molar refractivity (Wildman–Crippen MR) is 87.1 cm³/mol. The van der Waals surface area contributed by atoms with Crippen LogP contribution >= 0.6 is 27.5 Å². The number of rotatable bonds is 2. The summed E-state index contributed by atoms with van der Waals surface area (Å²) in [4.78, 5) is 0. The second-order valence-electron chi connectivity index (χ2n) is 5.08. The van der Waals surface area contributed by atoms with Crippen LogP contribution in [-0.2, 0) is 9.84 Å². The van der Waals surface area contributed by atoms with Gasteiger partial charge in [-0.05, 0) is 18.6 Å². The molecule has 1 saturated heterocycles.